The van der Waals surface area contributed by atoms with Gasteiger partial charge in [0, 0.05) is 24.3 Å². The molecule has 1 heterocycles. The van der Waals surface area contributed by atoms with Gasteiger partial charge in [-0.25, -0.2) is 4.79 Å². The first-order valence-electron chi connectivity index (χ1n) is 9.79. The number of amides is 4. The van der Waals surface area contributed by atoms with E-state index in [1.54, 1.807) is 12.1 Å². The van der Waals surface area contributed by atoms with Gasteiger partial charge in [0.15, 0.2) is 0 Å². The van der Waals surface area contributed by atoms with Crippen LogP contribution in [-0.2, 0) is 4.79 Å². The highest BCUT2D eigenvalue weighted by molar-refractivity contribution is 6.01. The molecule has 4 amide bonds. The van der Waals surface area contributed by atoms with Crippen molar-refractivity contribution in [3.05, 3.63) is 29.8 Å². The Bertz CT molecular complexity index is 717. The molecular formula is C21H32N4O3. The van der Waals surface area contributed by atoms with E-state index in [4.69, 9.17) is 0 Å². The molecule has 0 aliphatic carbocycles. The summed E-state index contributed by atoms with van der Waals surface area (Å²) in [6.07, 6.45) is 1.13. The van der Waals surface area contributed by atoms with E-state index in [2.05, 4.69) is 29.8 Å². The van der Waals surface area contributed by atoms with E-state index in [-0.39, 0.29) is 12.5 Å². The maximum absolute atomic E-state index is 13.0. The zero-order valence-corrected chi connectivity index (χ0v) is 17.5. The minimum atomic E-state index is -0.542. The lowest BCUT2D eigenvalue weighted by Gasteiger charge is -2.35. The first kappa shape index (κ1) is 21.7. The molecule has 1 aliphatic heterocycles. The predicted molar refractivity (Wildman–Crippen MR) is 110 cm³/mol. The molecule has 0 saturated carbocycles. The standard InChI is InChI=1S/C21H32N4O3/c1-14-10-15(2)13-25(12-14)19(27)16-8-6-7-9-17(16)22-11-18(26)23-20(28)24-21(3,4)5/h6-9,14-15,22H,10-13H2,1-5H3,(H2,23,24,26,28)/t14-,15+. The van der Waals surface area contributed by atoms with Crippen molar-refractivity contribution in [2.45, 2.75) is 46.6 Å². The summed E-state index contributed by atoms with van der Waals surface area (Å²) in [5.41, 5.74) is 0.694. The van der Waals surface area contributed by atoms with E-state index in [9.17, 15) is 14.4 Å². The lowest BCUT2D eigenvalue weighted by molar-refractivity contribution is -0.118. The molecule has 7 heteroatoms. The second kappa shape index (κ2) is 9.08. The molecule has 1 fully saturated rings. The third-order valence-electron chi connectivity index (χ3n) is 4.49. The van der Waals surface area contributed by atoms with Crippen LogP contribution in [0.3, 0.4) is 0 Å². The normalized spacial score (nSPS) is 19.7. The third-order valence-corrected chi connectivity index (χ3v) is 4.49. The Labute approximate surface area is 167 Å². The summed E-state index contributed by atoms with van der Waals surface area (Å²) in [6.45, 7) is 11.2. The van der Waals surface area contributed by atoms with Crippen molar-refractivity contribution in [2.75, 3.05) is 25.0 Å². The quantitative estimate of drug-likeness (QED) is 0.740. The summed E-state index contributed by atoms with van der Waals surface area (Å²) < 4.78 is 0. The fraction of sp³-hybridized carbons (Fsp3) is 0.571. The van der Waals surface area contributed by atoms with Crippen LogP contribution in [-0.4, -0.2) is 47.9 Å². The van der Waals surface area contributed by atoms with Gasteiger partial charge in [0.2, 0.25) is 5.91 Å². The Hall–Kier alpha value is -2.57. The summed E-state index contributed by atoms with van der Waals surface area (Å²) in [7, 11) is 0. The number of urea groups is 1. The zero-order valence-electron chi connectivity index (χ0n) is 17.5. The molecule has 28 heavy (non-hydrogen) atoms. The Morgan fingerprint density at radius 2 is 1.68 bits per heavy atom. The molecule has 0 unspecified atom stereocenters. The molecule has 3 N–H and O–H groups in total. The van der Waals surface area contributed by atoms with Gasteiger partial charge in [-0.1, -0.05) is 26.0 Å². The highest BCUT2D eigenvalue weighted by Gasteiger charge is 2.27. The lowest BCUT2D eigenvalue weighted by atomic mass is 9.91. The number of nitrogens with zero attached hydrogens (tertiary/aromatic N) is 1. The van der Waals surface area contributed by atoms with Crippen LogP contribution in [0.1, 0.15) is 51.4 Å². The number of hydrogen-bond donors (Lipinski definition) is 3. The molecule has 1 saturated heterocycles. The number of piperidine rings is 1. The molecule has 2 atom stereocenters. The van der Waals surface area contributed by atoms with Gasteiger partial charge in [0.1, 0.15) is 0 Å². The van der Waals surface area contributed by atoms with Crippen molar-refractivity contribution in [3.8, 4) is 0 Å². The molecule has 0 bridgehead atoms. The fourth-order valence-corrected chi connectivity index (χ4v) is 3.54. The van der Waals surface area contributed by atoms with Crippen molar-refractivity contribution in [1.82, 2.24) is 15.5 Å². The van der Waals surface area contributed by atoms with Crippen molar-refractivity contribution in [3.63, 3.8) is 0 Å². The summed E-state index contributed by atoms with van der Waals surface area (Å²) in [5.74, 6) is 0.441. The molecule has 7 nitrogen and oxygen atoms in total. The summed E-state index contributed by atoms with van der Waals surface area (Å²) in [5, 5.41) is 7.94. The Morgan fingerprint density at radius 1 is 1.07 bits per heavy atom. The molecule has 1 aliphatic rings. The van der Waals surface area contributed by atoms with Crippen LogP contribution in [0.25, 0.3) is 0 Å². The van der Waals surface area contributed by atoms with Crippen molar-refractivity contribution < 1.29 is 14.4 Å². The monoisotopic (exact) mass is 388 g/mol. The van der Waals surface area contributed by atoms with Gasteiger partial charge in [0.25, 0.3) is 5.91 Å². The van der Waals surface area contributed by atoms with Crippen LogP contribution >= 0.6 is 0 Å². The summed E-state index contributed by atoms with van der Waals surface area (Å²) in [4.78, 5) is 38.7. The minimum Gasteiger partial charge on any atom is -0.375 e. The van der Waals surface area contributed by atoms with E-state index in [0.717, 1.165) is 19.5 Å². The molecular weight excluding hydrogens is 356 g/mol. The fourth-order valence-electron chi connectivity index (χ4n) is 3.54. The largest absolute Gasteiger partial charge is 0.375 e. The summed E-state index contributed by atoms with van der Waals surface area (Å²) >= 11 is 0. The second-order valence-corrected chi connectivity index (χ2v) is 8.81. The van der Waals surface area contributed by atoms with Crippen LogP contribution in [0.2, 0.25) is 0 Å². The second-order valence-electron chi connectivity index (χ2n) is 8.81. The topological polar surface area (TPSA) is 90.5 Å². The number of nitrogens with one attached hydrogen (secondary N) is 3. The first-order valence-corrected chi connectivity index (χ1v) is 9.79. The number of benzene rings is 1. The van der Waals surface area contributed by atoms with Crippen LogP contribution in [0.15, 0.2) is 24.3 Å². The van der Waals surface area contributed by atoms with Gasteiger partial charge in [-0.15, -0.1) is 0 Å². The van der Waals surface area contributed by atoms with Gasteiger partial charge in [-0.2, -0.15) is 0 Å². The van der Waals surface area contributed by atoms with Crippen molar-refractivity contribution >= 4 is 23.5 Å². The third kappa shape index (κ3) is 6.55. The minimum absolute atomic E-state index is 0.0348. The van der Waals surface area contributed by atoms with E-state index >= 15 is 0 Å². The number of hydrogen-bond acceptors (Lipinski definition) is 4. The van der Waals surface area contributed by atoms with E-state index < -0.39 is 17.5 Å². The van der Waals surface area contributed by atoms with Gasteiger partial charge in [0.05, 0.1) is 12.1 Å². The van der Waals surface area contributed by atoms with Crippen LogP contribution in [0, 0.1) is 11.8 Å². The average molecular weight is 389 g/mol. The zero-order chi connectivity index (χ0) is 20.9. The number of carbonyl (C=O) groups is 3. The Morgan fingerprint density at radius 3 is 2.29 bits per heavy atom. The predicted octanol–water partition coefficient (Wildman–Crippen LogP) is 2.84. The SMILES string of the molecule is C[C@@H]1C[C@H](C)CN(C(=O)c2ccccc2NCC(=O)NC(=O)NC(C)(C)C)C1. The number of rotatable bonds is 4. The molecule has 0 spiro atoms. The Kier molecular flexibility index (Phi) is 7.05. The molecule has 0 radical (unpaired) electrons. The van der Waals surface area contributed by atoms with E-state index in [1.165, 1.54) is 0 Å². The van der Waals surface area contributed by atoms with Crippen LogP contribution < -0.4 is 16.0 Å². The number of carbonyl (C=O) groups excluding carboxylic acids is 3. The Balaban J connectivity index is 1.99. The van der Waals surface area contributed by atoms with Crippen molar-refractivity contribution in [1.29, 1.82) is 0 Å². The van der Waals surface area contributed by atoms with Gasteiger partial charge in [-0.05, 0) is 51.2 Å². The smallest absolute Gasteiger partial charge is 0.321 e. The number of likely N-dealkylation sites (tertiary alicyclic amines) is 1. The number of imide groups is 1. The van der Waals surface area contributed by atoms with E-state index in [0.29, 0.717) is 23.1 Å². The average Bonchev–Trinajstić information content (AvgIpc) is 2.57. The highest BCUT2D eigenvalue weighted by atomic mass is 16.2. The lowest BCUT2D eigenvalue weighted by Crippen LogP contribution is -2.49. The van der Waals surface area contributed by atoms with Gasteiger partial charge < -0.3 is 15.5 Å². The highest BCUT2D eigenvalue weighted by Crippen LogP contribution is 2.24. The van der Waals surface area contributed by atoms with Crippen molar-refractivity contribution in [2.24, 2.45) is 11.8 Å². The van der Waals surface area contributed by atoms with Gasteiger partial charge in [-0.3, -0.25) is 14.9 Å². The number of anilines is 1. The first-order chi connectivity index (χ1) is 13.0. The van der Waals surface area contributed by atoms with Crippen LogP contribution in [0.5, 0.6) is 0 Å². The van der Waals surface area contributed by atoms with Gasteiger partial charge >= 0.3 is 6.03 Å². The summed E-state index contributed by atoms with van der Waals surface area (Å²) in [6, 6.07) is 6.61. The van der Waals surface area contributed by atoms with Crippen LogP contribution in [0.4, 0.5) is 10.5 Å². The molecule has 1 aromatic carbocycles. The molecule has 1 aromatic rings. The molecule has 2 rings (SSSR count). The maximum atomic E-state index is 13.0. The number of para-hydroxylation sites is 1. The maximum Gasteiger partial charge on any atom is 0.321 e. The molecule has 154 valence electrons. The van der Waals surface area contributed by atoms with E-state index in [1.807, 2.05) is 37.8 Å². The molecule has 0 aromatic heterocycles.